The van der Waals surface area contributed by atoms with E-state index in [1.807, 2.05) is 6.92 Å². The van der Waals surface area contributed by atoms with Gasteiger partial charge >= 0.3 is 12.0 Å². The number of nitrogens with zero attached hydrogens (tertiary/aromatic N) is 1. The number of rotatable bonds is 5. The molecule has 1 heterocycles. The predicted octanol–water partition coefficient (Wildman–Crippen LogP) is -0.883. The molecule has 0 aromatic rings. The topological polar surface area (TPSA) is 133 Å². The molecule has 8 nitrogen and oxygen atoms in total. The molecular formula is C12H21N3O5. The van der Waals surface area contributed by atoms with E-state index in [1.54, 1.807) is 0 Å². The first-order valence-corrected chi connectivity index (χ1v) is 6.56. The maximum absolute atomic E-state index is 12.0. The van der Waals surface area contributed by atoms with E-state index >= 15 is 0 Å². The summed E-state index contributed by atoms with van der Waals surface area (Å²) in [5, 5.41) is 21.0. The first-order chi connectivity index (χ1) is 9.31. The predicted molar refractivity (Wildman–Crippen MR) is 69.7 cm³/mol. The van der Waals surface area contributed by atoms with Crippen molar-refractivity contribution >= 4 is 17.9 Å². The van der Waals surface area contributed by atoms with E-state index in [0.717, 1.165) is 0 Å². The summed E-state index contributed by atoms with van der Waals surface area (Å²) >= 11 is 0. The van der Waals surface area contributed by atoms with Crippen LogP contribution in [0.15, 0.2) is 0 Å². The number of carboxylic acids is 1. The molecule has 1 rings (SSSR count). The number of aliphatic hydroxyl groups is 1. The Morgan fingerprint density at radius 3 is 2.60 bits per heavy atom. The normalized spacial score (nSPS) is 24.0. The number of hydrogen-bond acceptors (Lipinski definition) is 4. The lowest BCUT2D eigenvalue weighted by atomic mass is 9.97. The highest BCUT2D eigenvalue weighted by Crippen LogP contribution is 2.16. The number of primary amides is 1. The standard InChI is InChI=1S/C12H21N3O5/c1-7-6-15(5-4-9(7)16)12(20)14-8(11(18)19)2-3-10(13)17/h7-9,16H,2-6H2,1H3,(H2,13,17)(H,14,20)(H,18,19). The Kier molecular flexibility index (Phi) is 5.75. The Morgan fingerprint density at radius 1 is 1.45 bits per heavy atom. The van der Waals surface area contributed by atoms with Gasteiger partial charge in [0.1, 0.15) is 6.04 Å². The summed E-state index contributed by atoms with van der Waals surface area (Å²) in [6, 6.07) is -1.64. The fraction of sp³-hybridized carbons (Fsp3) is 0.750. The lowest BCUT2D eigenvalue weighted by Gasteiger charge is -2.34. The second-order valence-electron chi connectivity index (χ2n) is 5.12. The van der Waals surface area contributed by atoms with Crippen LogP contribution in [0.5, 0.6) is 0 Å². The molecule has 1 fully saturated rings. The Bertz CT molecular complexity index is 387. The molecule has 1 saturated heterocycles. The van der Waals surface area contributed by atoms with Gasteiger partial charge in [-0.25, -0.2) is 9.59 Å². The van der Waals surface area contributed by atoms with Crippen LogP contribution in [0.25, 0.3) is 0 Å². The van der Waals surface area contributed by atoms with Crippen molar-refractivity contribution in [1.29, 1.82) is 0 Å². The van der Waals surface area contributed by atoms with Crippen LogP contribution in [0.2, 0.25) is 0 Å². The highest BCUT2D eigenvalue weighted by molar-refractivity contribution is 5.83. The van der Waals surface area contributed by atoms with Gasteiger partial charge in [-0.3, -0.25) is 4.79 Å². The molecule has 114 valence electrons. The smallest absolute Gasteiger partial charge is 0.326 e. The van der Waals surface area contributed by atoms with Crippen molar-refractivity contribution in [3.63, 3.8) is 0 Å². The molecule has 0 radical (unpaired) electrons. The molecule has 3 atom stereocenters. The van der Waals surface area contributed by atoms with Gasteiger partial charge in [0, 0.05) is 19.5 Å². The van der Waals surface area contributed by atoms with Gasteiger partial charge in [-0.05, 0) is 18.8 Å². The fourth-order valence-corrected chi connectivity index (χ4v) is 2.10. The van der Waals surface area contributed by atoms with Crippen molar-refractivity contribution in [1.82, 2.24) is 10.2 Å². The number of urea groups is 1. The Morgan fingerprint density at radius 2 is 2.10 bits per heavy atom. The van der Waals surface area contributed by atoms with Crippen LogP contribution in [-0.2, 0) is 9.59 Å². The minimum Gasteiger partial charge on any atom is -0.480 e. The third-order valence-corrected chi connectivity index (χ3v) is 3.42. The lowest BCUT2D eigenvalue weighted by molar-refractivity contribution is -0.139. The highest BCUT2D eigenvalue weighted by Gasteiger charge is 2.29. The third kappa shape index (κ3) is 4.69. The average molecular weight is 287 g/mol. The van der Waals surface area contributed by atoms with Crippen LogP contribution in [0, 0.1) is 5.92 Å². The maximum Gasteiger partial charge on any atom is 0.326 e. The van der Waals surface area contributed by atoms with Gasteiger partial charge in [-0.15, -0.1) is 0 Å². The number of hydrogen-bond donors (Lipinski definition) is 4. The van der Waals surface area contributed by atoms with Crippen LogP contribution >= 0.6 is 0 Å². The van der Waals surface area contributed by atoms with Crippen LogP contribution < -0.4 is 11.1 Å². The molecule has 0 bridgehead atoms. The molecule has 20 heavy (non-hydrogen) atoms. The Hall–Kier alpha value is -1.83. The van der Waals surface area contributed by atoms with Gasteiger partial charge in [0.25, 0.3) is 0 Å². The maximum atomic E-state index is 12.0. The number of carbonyl (C=O) groups excluding carboxylic acids is 2. The monoisotopic (exact) mass is 287 g/mol. The van der Waals surface area contributed by atoms with Gasteiger partial charge in [-0.1, -0.05) is 6.92 Å². The second-order valence-corrected chi connectivity index (χ2v) is 5.12. The number of piperidine rings is 1. The zero-order valence-electron chi connectivity index (χ0n) is 11.4. The summed E-state index contributed by atoms with van der Waals surface area (Å²) in [6.45, 7) is 2.57. The summed E-state index contributed by atoms with van der Waals surface area (Å²) < 4.78 is 0. The number of aliphatic hydroxyl groups excluding tert-OH is 1. The zero-order chi connectivity index (χ0) is 15.3. The highest BCUT2D eigenvalue weighted by atomic mass is 16.4. The van der Waals surface area contributed by atoms with E-state index in [1.165, 1.54) is 4.90 Å². The van der Waals surface area contributed by atoms with Crippen molar-refractivity contribution < 1.29 is 24.6 Å². The van der Waals surface area contributed by atoms with Crippen molar-refractivity contribution in [3.05, 3.63) is 0 Å². The van der Waals surface area contributed by atoms with Crippen molar-refractivity contribution in [2.24, 2.45) is 11.7 Å². The number of likely N-dealkylation sites (tertiary alicyclic amines) is 1. The van der Waals surface area contributed by atoms with Gasteiger partial charge in [0.2, 0.25) is 5.91 Å². The number of nitrogens with two attached hydrogens (primary N) is 1. The number of nitrogens with one attached hydrogen (secondary N) is 1. The largest absolute Gasteiger partial charge is 0.480 e. The molecule has 1 aliphatic rings. The van der Waals surface area contributed by atoms with Gasteiger partial charge < -0.3 is 26.2 Å². The minimum absolute atomic E-state index is 0.0393. The molecular weight excluding hydrogens is 266 g/mol. The number of aliphatic carboxylic acids is 1. The molecule has 5 N–H and O–H groups in total. The molecule has 3 unspecified atom stereocenters. The van der Waals surface area contributed by atoms with Crippen molar-refractivity contribution in [3.8, 4) is 0 Å². The lowest BCUT2D eigenvalue weighted by Crippen LogP contribution is -2.52. The van der Waals surface area contributed by atoms with E-state index < -0.39 is 30.1 Å². The quantitative estimate of drug-likeness (QED) is 0.521. The first-order valence-electron chi connectivity index (χ1n) is 6.56. The van der Waals surface area contributed by atoms with Gasteiger partial charge in [0.05, 0.1) is 6.10 Å². The fourth-order valence-electron chi connectivity index (χ4n) is 2.10. The van der Waals surface area contributed by atoms with Crippen molar-refractivity contribution in [2.75, 3.05) is 13.1 Å². The number of carboxylic acid groups (broad SMARTS) is 1. The van der Waals surface area contributed by atoms with Crippen LogP contribution in [-0.4, -0.2) is 58.3 Å². The molecule has 8 heteroatoms. The minimum atomic E-state index is -1.20. The van der Waals surface area contributed by atoms with Gasteiger partial charge in [-0.2, -0.15) is 0 Å². The number of amides is 3. The molecule has 0 spiro atoms. The van der Waals surface area contributed by atoms with E-state index in [4.69, 9.17) is 10.8 Å². The molecule has 0 saturated carbocycles. The summed E-state index contributed by atoms with van der Waals surface area (Å²) in [4.78, 5) is 35.1. The summed E-state index contributed by atoms with van der Waals surface area (Å²) in [6.07, 6.45) is -0.119. The van der Waals surface area contributed by atoms with Crippen molar-refractivity contribution in [2.45, 2.75) is 38.3 Å². The summed E-state index contributed by atoms with van der Waals surface area (Å²) in [5.74, 6) is -1.87. The van der Waals surface area contributed by atoms with E-state index in [9.17, 15) is 19.5 Å². The van der Waals surface area contributed by atoms with Crippen LogP contribution in [0.4, 0.5) is 4.79 Å². The molecule has 1 aliphatic heterocycles. The van der Waals surface area contributed by atoms with Gasteiger partial charge in [0.15, 0.2) is 0 Å². The first kappa shape index (κ1) is 16.2. The Balaban J connectivity index is 2.53. The molecule has 0 aromatic heterocycles. The third-order valence-electron chi connectivity index (χ3n) is 3.42. The second kappa shape index (κ2) is 7.09. The molecule has 0 aromatic carbocycles. The number of carbonyl (C=O) groups is 3. The molecule has 3 amide bonds. The van der Waals surface area contributed by atoms with Crippen LogP contribution in [0.1, 0.15) is 26.2 Å². The summed E-state index contributed by atoms with van der Waals surface area (Å²) in [5.41, 5.74) is 4.97. The van der Waals surface area contributed by atoms with E-state index in [-0.39, 0.29) is 18.8 Å². The average Bonchev–Trinajstić information content (AvgIpc) is 2.36. The molecule has 0 aliphatic carbocycles. The zero-order valence-corrected chi connectivity index (χ0v) is 11.4. The SMILES string of the molecule is CC1CN(C(=O)NC(CCC(N)=O)C(=O)O)CCC1O. The summed E-state index contributed by atoms with van der Waals surface area (Å²) in [7, 11) is 0. The van der Waals surface area contributed by atoms with E-state index in [2.05, 4.69) is 5.32 Å². The Labute approximate surface area is 116 Å². The van der Waals surface area contributed by atoms with Crippen LogP contribution in [0.3, 0.4) is 0 Å². The van der Waals surface area contributed by atoms with E-state index in [0.29, 0.717) is 19.5 Å².